The molecule has 1 fully saturated rings. The van der Waals surface area contributed by atoms with E-state index in [1.165, 1.54) is 7.11 Å². The summed E-state index contributed by atoms with van der Waals surface area (Å²) in [5, 5.41) is 2.87. The van der Waals surface area contributed by atoms with Gasteiger partial charge in [0, 0.05) is 25.1 Å². The summed E-state index contributed by atoms with van der Waals surface area (Å²) in [6.07, 6.45) is 5.82. The van der Waals surface area contributed by atoms with Gasteiger partial charge in [0.2, 0.25) is 11.8 Å². The molecule has 1 heterocycles. The molecular formula is C22H30N2O4. The van der Waals surface area contributed by atoms with Gasteiger partial charge in [-0.1, -0.05) is 43.7 Å². The van der Waals surface area contributed by atoms with E-state index in [1.807, 2.05) is 37.3 Å². The second kappa shape index (κ2) is 10.1. The van der Waals surface area contributed by atoms with Crippen molar-refractivity contribution in [3.63, 3.8) is 0 Å². The largest absolute Gasteiger partial charge is 0.467 e. The van der Waals surface area contributed by atoms with Crippen molar-refractivity contribution in [2.75, 3.05) is 20.2 Å². The van der Waals surface area contributed by atoms with Gasteiger partial charge in [0.25, 0.3) is 0 Å². The average molecular weight is 386 g/mol. The van der Waals surface area contributed by atoms with Crippen molar-refractivity contribution >= 4 is 23.9 Å². The lowest BCUT2D eigenvalue weighted by Crippen LogP contribution is -2.55. The zero-order valence-corrected chi connectivity index (χ0v) is 16.9. The summed E-state index contributed by atoms with van der Waals surface area (Å²) >= 11 is 0. The number of carbonyl (C=O) groups excluding carboxylic acids is 3. The molecule has 1 saturated heterocycles. The molecule has 1 unspecified atom stereocenters. The normalized spacial score (nSPS) is 17.2. The minimum Gasteiger partial charge on any atom is -0.467 e. The van der Waals surface area contributed by atoms with E-state index in [4.69, 9.17) is 4.74 Å². The molecule has 2 amide bonds. The van der Waals surface area contributed by atoms with Gasteiger partial charge in [-0.25, -0.2) is 4.79 Å². The minimum atomic E-state index is -1.01. The summed E-state index contributed by atoms with van der Waals surface area (Å²) in [7, 11) is 1.33. The second-order valence-electron chi connectivity index (χ2n) is 7.41. The van der Waals surface area contributed by atoms with Crippen molar-refractivity contribution in [2.45, 2.75) is 45.1 Å². The predicted molar refractivity (Wildman–Crippen MR) is 108 cm³/mol. The molecule has 0 spiro atoms. The molecule has 1 atom stereocenters. The Morgan fingerprint density at radius 1 is 1.21 bits per heavy atom. The molecule has 1 N–H and O–H groups in total. The highest BCUT2D eigenvalue weighted by Gasteiger charge is 2.37. The number of amides is 2. The Morgan fingerprint density at radius 2 is 1.86 bits per heavy atom. The first-order valence-electron chi connectivity index (χ1n) is 9.82. The minimum absolute atomic E-state index is 0.0481. The quantitative estimate of drug-likeness (QED) is 0.578. The second-order valence-corrected chi connectivity index (χ2v) is 7.41. The van der Waals surface area contributed by atoms with E-state index in [2.05, 4.69) is 5.32 Å². The van der Waals surface area contributed by atoms with Crippen molar-refractivity contribution in [3.8, 4) is 0 Å². The molecular weight excluding hydrogens is 356 g/mol. The van der Waals surface area contributed by atoms with Gasteiger partial charge in [-0.05, 0) is 37.8 Å². The van der Waals surface area contributed by atoms with E-state index in [-0.39, 0.29) is 17.7 Å². The Bertz CT molecular complexity index is 709. The third kappa shape index (κ3) is 5.68. The molecule has 6 heteroatoms. The molecule has 0 saturated carbocycles. The van der Waals surface area contributed by atoms with E-state index in [9.17, 15) is 14.4 Å². The van der Waals surface area contributed by atoms with Crippen molar-refractivity contribution in [1.82, 2.24) is 10.2 Å². The number of esters is 1. The third-order valence-electron chi connectivity index (χ3n) is 5.18. The van der Waals surface area contributed by atoms with Crippen LogP contribution in [0.2, 0.25) is 0 Å². The molecule has 0 bridgehead atoms. The number of rotatable bonds is 7. The summed E-state index contributed by atoms with van der Waals surface area (Å²) in [6, 6.07) is 9.66. The third-order valence-corrected chi connectivity index (χ3v) is 5.18. The number of hydrogen-bond acceptors (Lipinski definition) is 4. The number of likely N-dealkylation sites (tertiary alicyclic amines) is 1. The summed E-state index contributed by atoms with van der Waals surface area (Å²) in [5.74, 6) is -0.828. The SMILES string of the molecule is CCCC(C)(NC(=O)C1CCN(C(=O)/C=C/c2ccccc2)CC1)C(=O)OC. The van der Waals surface area contributed by atoms with Crippen LogP contribution in [0.5, 0.6) is 0 Å². The highest BCUT2D eigenvalue weighted by Crippen LogP contribution is 2.21. The zero-order chi connectivity index (χ0) is 20.6. The summed E-state index contributed by atoms with van der Waals surface area (Å²) < 4.78 is 4.85. The maximum Gasteiger partial charge on any atom is 0.331 e. The molecule has 0 aromatic heterocycles. The first kappa shape index (κ1) is 21.7. The van der Waals surface area contributed by atoms with Crippen LogP contribution in [0, 0.1) is 5.92 Å². The average Bonchev–Trinajstić information content (AvgIpc) is 2.72. The van der Waals surface area contributed by atoms with Gasteiger partial charge in [0.15, 0.2) is 0 Å². The van der Waals surface area contributed by atoms with Crippen LogP contribution in [0.3, 0.4) is 0 Å². The summed E-state index contributed by atoms with van der Waals surface area (Å²) in [5.41, 5.74) is -0.0329. The van der Waals surface area contributed by atoms with Gasteiger partial charge in [-0.3, -0.25) is 9.59 Å². The van der Waals surface area contributed by atoms with Crippen LogP contribution < -0.4 is 5.32 Å². The Hall–Kier alpha value is -2.63. The lowest BCUT2D eigenvalue weighted by Gasteiger charge is -2.34. The first-order chi connectivity index (χ1) is 13.4. The van der Waals surface area contributed by atoms with Crippen LogP contribution >= 0.6 is 0 Å². The monoisotopic (exact) mass is 386 g/mol. The van der Waals surface area contributed by atoms with Crippen LogP contribution in [0.1, 0.15) is 45.1 Å². The van der Waals surface area contributed by atoms with Gasteiger partial charge in [0.1, 0.15) is 5.54 Å². The van der Waals surface area contributed by atoms with E-state index in [0.717, 1.165) is 12.0 Å². The number of nitrogens with zero attached hydrogens (tertiary/aromatic N) is 1. The van der Waals surface area contributed by atoms with Gasteiger partial charge < -0.3 is 15.0 Å². The number of carbonyl (C=O) groups is 3. The van der Waals surface area contributed by atoms with E-state index < -0.39 is 11.5 Å². The molecule has 28 heavy (non-hydrogen) atoms. The van der Waals surface area contributed by atoms with Gasteiger partial charge in [-0.15, -0.1) is 0 Å². The maximum absolute atomic E-state index is 12.7. The molecule has 152 valence electrons. The summed E-state index contributed by atoms with van der Waals surface area (Å²) in [6.45, 7) is 4.71. The van der Waals surface area contributed by atoms with Crippen LogP contribution in [0.15, 0.2) is 36.4 Å². The highest BCUT2D eigenvalue weighted by molar-refractivity contribution is 5.92. The van der Waals surface area contributed by atoms with Crippen molar-refractivity contribution < 1.29 is 19.1 Å². The lowest BCUT2D eigenvalue weighted by atomic mass is 9.91. The summed E-state index contributed by atoms with van der Waals surface area (Å²) in [4.78, 5) is 38.9. The zero-order valence-electron chi connectivity index (χ0n) is 16.9. The fourth-order valence-corrected chi connectivity index (χ4v) is 3.51. The number of hydrogen-bond donors (Lipinski definition) is 1. The number of benzene rings is 1. The molecule has 1 aliphatic rings. The van der Waals surface area contributed by atoms with Gasteiger partial charge >= 0.3 is 5.97 Å². The lowest BCUT2D eigenvalue weighted by molar-refractivity contribution is -0.151. The van der Waals surface area contributed by atoms with Crippen molar-refractivity contribution in [1.29, 1.82) is 0 Å². The number of methoxy groups -OCH3 is 1. The van der Waals surface area contributed by atoms with E-state index in [1.54, 1.807) is 24.0 Å². The van der Waals surface area contributed by atoms with Crippen LogP contribution in [0.4, 0.5) is 0 Å². The fourth-order valence-electron chi connectivity index (χ4n) is 3.51. The highest BCUT2D eigenvalue weighted by atomic mass is 16.5. The molecule has 1 aromatic carbocycles. The molecule has 1 aromatic rings. The van der Waals surface area contributed by atoms with Crippen LogP contribution in [-0.2, 0) is 19.1 Å². The standard InChI is InChI=1S/C22H30N2O4/c1-4-14-22(2,21(27)28-3)23-20(26)18-12-15-24(16-13-18)19(25)11-10-17-8-6-5-7-9-17/h5-11,18H,4,12-16H2,1-3H3,(H,23,26)/b11-10+. The maximum atomic E-state index is 12.7. The van der Waals surface area contributed by atoms with E-state index >= 15 is 0 Å². The number of nitrogens with one attached hydrogen (secondary N) is 1. The molecule has 1 aliphatic heterocycles. The fraction of sp³-hybridized carbons (Fsp3) is 0.500. The van der Waals surface area contributed by atoms with Crippen LogP contribution in [-0.4, -0.2) is 48.4 Å². The van der Waals surface area contributed by atoms with E-state index in [0.29, 0.717) is 32.4 Å². The molecule has 0 radical (unpaired) electrons. The molecule has 0 aliphatic carbocycles. The molecule has 6 nitrogen and oxygen atoms in total. The number of piperidine rings is 1. The van der Waals surface area contributed by atoms with Crippen molar-refractivity contribution in [2.24, 2.45) is 5.92 Å². The van der Waals surface area contributed by atoms with Gasteiger partial charge in [-0.2, -0.15) is 0 Å². The first-order valence-corrected chi connectivity index (χ1v) is 9.82. The predicted octanol–water partition coefficient (Wildman–Crippen LogP) is 2.79. The van der Waals surface area contributed by atoms with Gasteiger partial charge in [0.05, 0.1) is 7.11 Å². The smallest absolute Gasteiger partial charge is 0.331 e. The van der Waals surface area contributed by atoms with Crippen molar-refractivity contribution in [3.05, 3.63) is 42.0 Å². The van der Waals surface area contributed by atoms with Crippen LogP contribution in [0.25, 0.3) is 6.08 Å². The Kier molecular flexibility index (Phi) is 7.79. The topological polar surface area (TPSA) is 75.7 Å². The Balaban J connectivity index is 1.88. The number of ether oxygens (including phenoxy) is 1. The Labute approximate surface area is 166 Å². The Morgan fingerprint density at radius 3 is 2.43 bits per heavy atom. The molecule has 2 rings (SSSR count).